The van der Waals surface area contributed by atoms with Crippen LogP contribution in [0.25, 0.3) is 0 Å². The van der Waals surface area contributed by atoms with Crippen LogP contribution >= 0.6 is 38.9 Å². The van der Waals surface area contributed by atoms with Crippen molar-refractivity contribution in [2.45, 2.75) is 6.54 Å². The Morgan fingerprint density at radius 1 is 1.57 bits per heavy atom. The fourth-order valence-electron chi connectivity index (χ4n) is 1.65. The zero-order valence-corrected chi connectivity index (χ0v) is 14.4. The van der Waals surface area contributed by atoms with Crippen molar-refractivity contribution in [2.24, 2.45) is 0 Å². The number of carbonyl (C=O) groups is 1. The average Bonchev–Trinajstić information content (AvgIpc) is 2.83. The Morgan fingerprint density at radius 3 is 2.90 bits per heavy atom. The second-order valence-electron chi connectivity index (χ2n) is 4.20. The maximum absolute atomic E-state index is 13.1. The van der Waals surface area contributed by atoms with E-state index in [0.29, 0.717) is 16.1 Å². The highest BCUT2D eigenvalue weighted by Gasteiger charge is 2.19. The van der Waals surface area contributed by atoms with Crippen LogP contribution in [-0.4, -0.2) is 25.1 Å². The molecule has 0 N–H and O–H groups in total. The Kier molecular flexibility index (Phi) is 5.18. The summed E-state index contributed by atoms with van der Waals surface area (Å²) in [6.45, 7) is 0.491. The van der Waals surface area contributed by atoms with Crippen molar-refractivity contribution in [1.82, 2.24) is 4.98 Å². The van der Waals surface area contributed by atoms with Crippen molar-refractivity contribution in [1.29, 1.82) is 0 Å². The molecule has 0 saturated heterocycles. The minimum atomic E-state index is -0.514. The first kappa shape index (κ1) is 16.2. The van der Waals surface area contributed by atoms with Gasteiger partial charge in [0.1, 0.15) is 5.82 Å². The molecule has 4 nitrogen and oxygen atoms in total. The normalized spacial score (nSPS) is 10.5. The van der Waals surface area contributed by atoms with E-state index in [1.165, 1.54) is 19.2 Å². The number of halogens is 3. The van der Waals surface area contributed by atoms with Gasteiger partial charge in [0, 0.05) is 18.1 Å². The van der Waals surface area contributed by atoms with Gasteiger partial charge in [-0.25, -0.2) is 14.2 Å². The van der Waals surface area contributed by atoms with Gasteiger partial charge in [0.05, 0.1) is 7.11 Å². The van der Waals surface area contributed by atoms with E-state index in [1.807, 2.05) is 11.9 Å². The monoisotopic (exact) mass is 392 g/mol. The van der Waals surface area contributed by atoms with Gasteiger partial charge in [-0.05, 0) is 17.7 Å². The number of aromatic nitrogens is 1. The molecule has 0 amide bonds. The number of esters is 1. The molecule has 0 aliphatic rings. The Balaban J connectivity index is 2.20. The fraction of sp³-hybridized carbons (Fsp3) is 0.231. The number of ether oxygens (including phenoxy) is 1. The molecule has 0 radical (unpaired) electrons. The third kappa shape index (κ3) is 3.72. The number of nitrogens with zero attached hydrogens (tertiary/aromatic N) is 2. The topological polar surface area (TPSA) is 42.4 Å². The van der Waals surface area contributed by atoms with Crippen LogP contribution in [0.4, 0.5) is 9.52 Å². The van der Waals surface area contributed by atoms with Crippen LogP contribution in [0, 0.1) is 5.82 Å². The lowest BCUT2D eigenvalue weighted by atomic mass is 10.2. The number of thiazole rings is 1. The molecule has 0 unspecified atom stereocenters. The van der Waals surface area contributed by atoms with Crippen molar-refractivity contribution in [3.8, 4) is 0 Å². The lowest BCUT2D eigenvalue weighted by molar-refractivity contribution is 0.0606. The third-order valence-electron chi connectivity index (χ3n) is 2.69. The van der Waals surface area contributed by atoms with E-state index in [0.717, 1.165) is 16.9 Å². The minimum absolute atomic E-state index is 0.117. The molecule has 0 atom stereocenters. The quantitative estimate of drug-likeness (QED) is 0.733. The first-order chi connectivity index (χ1) is 9.92. The smallest absolute Gasteiger partial charge is 0.351 e. The predicted octanol–water partition coefficient (Wildman–Crippen LogP) is 4.12. The molecule has 1 aromatic heterocycles. The van der Waals surface area contributed by atoms with Crippen LogP contribution in [0.1, 0.15) is 15.2 Å². The van der Waals surface area contributed by atoms with Gasteiger partial charge in [0.15, 0.2) is 15.2 Å². The summed E-state index contributed by atoms with van der Waals surface area (Å²) in [7, 11) is 3.10. The standard InChI is InChI=1S/C13H11BrClFN2O2S/c1-18(6-7-3-4-8(16)5-9(7)14)13-17-11(15)10(21-13)12(19)20-2/h3-5H,6H2,1-2H3. The predicted molar refractivity (Wildman–Crippen MR) is 84.7 cm³/mol. The van der Waals surface area contributed by atoms with E-state index in [2.05, 4.69) is 25.7 Å². The van der Waals surface area contributed by atoms with Gasteiger partial charge in [0.25, 0.3) is 0 Å². The van der Waals surface area contributed by atoms with Crippen LogP contribution < -0.4 is 4.90 Å². The average molecular weight is 394 g/mol. The summed E-state index contributed by atoms with van der Waals surface area (Å²) in [5.74, 6) is -0.821. The highest BCUT2D eigenvalue weighted by atomic mass is 79.9. The maximum Gasteiger partial charge on any atom is 0.351 e. The largest absolute Gasteiger partial charge is 0.465 e. The minimum Gasteiger partial charge on any atom is -0.465 e. The molecule has 1 aromatic carbocycles. The van der Waals surface area contributed by atoms with Gasteiger partial charge in [-0.2, -0.15) is 0 Å². The van der Waals surface area contributed by atoms with Crippen molar-refractivity contribution in [3.63, 3.8) is 0 Å². The number of hydrogen-bond donors (Lipinski definition) is 0. The van der Waals surface area contributed by atoms with E-state index in [-0.39, 0.29) is 15.8 Å². The van der Waals surface area contributed by atoms with Gasteiger partial charge in [-0.3, -0.25) is 0 Å². The van der Waals surface area contributed by atoms with Crippen LogP contribution in [-0.2, 0) is 11.3 Å². The third-order valence-corrected chi connectivity index (χ3v) is 4.97. The van der Waals surface area contributed by atoms with Crippen molar-refractivity contribution >= 4 is 50.0 Å². The summed E-state index contributed by atoms with van der Waals surface area (Å²) in [5, 5.41) is 0.698. The van der Waals surface area contributed by atoms with E-state index >= 15 is 0 Å². The number of rotatable bonds is 4. The lowest BCUT2D eigenvalue weighted by Crippen LogP contribution is -2.16. The number of methoxy groups -OCH3 is 1. The highest BCUT2D eigenvalue weighted by Crippen LogP contribution is 2.31. The molecule has 0 aliphatic heterocycles. The number of hydrogen-bond acceptors (Lipinski definition) is 5. The fourth-order valence-corrected chi connectivity index (χ4v) is 3.28. The summed E-state index contributed by atoms with van der Waals surface area (Å²) in [4.78, 5) is 17.7. The van der Waals surface area contributed by atoms with E-state index in [4.69, 9.17) is 11.6 Å². The summed E-state index contributed by atoms with van der Waals surface area (Å²) < 4.78 is 18.4. The number of benzene rings is 1. The molecule has 8 heteroatoms. The van der Waals surface area contributed by atoms with Gasteiger partial charge >= 0.3 is 5.97 Å². The van der Waals surface area contributed by atoms with Crippen molar-refractivity contribution < 1.29 is 13.9 Å². The zero-order valence-electron chi connectivity index (χ0n) is 11.2. The van der Waals surface area contributed by atoms with Crippen LogP contribution in [0.2, 0.25) is 5.15 Å². The van der Waals surface area contributed by atoms with Crippen LogP contribution in [0.3, 0.4) is 0 Å². The molecule has 0 saturated carbocycles. The summed E-state index contributed by atoms with van der Waals surface area (Å²) >= 11 is 10.4. The van der Waals surface area contributed by atoms with Gasteiger partial charge in [-0.15, -0.1) is 0 Å². The Bertz CT molecular complexity index is 680. The first-order valence-electron chi connectivity index (χ1n) is 5.82. The second kappa shape index (κ2) is 6.72. The first-order valence-corrected chi connectivity index (χ1v) is 7.80. The molecule has 1 heterocycles. The van der Waals surface area contributed by atoms with E-state index < -0.39 is 5.97 Å². The van der Waals surface area contributed by atoms with Crippen molar-refractivity contribution in [3.05, 3.63) is 44.1 Å². The Hall–Kier alpha value is -1.18. The molecule has 0 spiro atoms. The Morgan fingerprint density at radius 2 is 2.29 bits per heavy atom. The summed E-state index contributed by atoms with van der Waals surface area (Å²) in [6, 6.07) is 4.48. The lowest BCUT2D eigenvalue weighted by Gasteiger charge is -2.16. The molecule has 2 rings (SSSR count). The molecule has 0 aliphatic carbocycles. The summed E-state index contributed by atoms with van der Waals surface area (Å²) in [6.07, 6.45) is 0. The van der Waals surface area contributed by atoms with E-state index in [1.54, 1.807) is 6.07 Å². The molecule has 0 bridgehead atoms. The number of carbonyl (C=O) groups excluding carboxylic acids is 1. The van der Waals surface area contributed by atoms with E-state index in [9.17, 15) is 9.18 Å². The highest BCUT2D eigenvalue weighted by molar-refractivity contribution is 9.10. The molecule has 112 valence electrons. The SMILES string of the molecule is COC(=O)c1sc(N(C)Cc2ccc(F)cc2Br)nc1Cl. The Labute approximate surface area is 138 Å². The molecule has 21 heavy (non-hydrogen) atoms. The van der Waals surface area contributed by atoms with Crippen molar-refractivity contribution in [2.75, 3.05) is 19.1 Å². The molecule has 2 aromatic rings. The van der Waals surface area contributed by atoms with Gasteiger partial charge in [-0.1, -0.05) is 44.9 Å². The van der Waals surface area contributed by atoms with Crippen LogP contribution in [0.15, 0.2) is 22.7 Å². The molecular weight excluding hydrogens is 383 g/mol. The second-order valence-corrected chi connectivity index (χ2v) is 6.39. The maximum atomic E-state index is 13.1. The van der Waals surface area contributed by atoms with Gasteiger partial charge < -0.3 is 9.64 Å². The summed E-state index contributed by atoms with van der Waals surface area (Å²) in [5.41, 5.74) is 0.893. The van der Waals surface area contributed by atoms with Crippen LogP contribution in [0.5, 0.6) is 0 Å². The molecule has 0 fully saturated rings. The number of anilines is 1. The zero-order chi connectivity index (χ0) is 15.6. The van der Waals surface area contributed by atoms with Gasteiger partial charge in [0.2, 0.25) is 0 Å². The molecular formula is C13H11BrClFN2O2S.